The van der Waals surface area contributed by atoms with Crippen molar-refractivity contribution in [1.82, 2.24) is 10.1 Å². The van der Waals surface area contributed by atoms with Crippen molar-refractivity contribution in [3.63, 3.8) is 0 Å². The highest BCUT2D eigenvalue weighted by Crippen LogP contribution is 2.24. The normalized spacial score (nSPS) is 23.1. The number of aryl methyl sites for hydroxylation is 1. The van der Waals surface area contributed by atoms with Gasteiger partial charge in [-0.1, -0.05) is 21.1 Å². The van der Waals surface area contributed by atoms with Crippen LogP contribution in [-0.4, -0.2) is 46.1 Å². The summed E-state index contributed by atoms with van der Waals surface area (Å²) < 4.78 is 10.8. The summed E-state index contributed by atoms with van der Waals surface area (Å²) in [5, 5.41) is 4.36. The van der Waals surface area contributed by atoms with Gasteiger partial charge in [-0.05, 0) is 20.8 Å². The fourth-order valence-corrected chi connectivity index (χ4v) is 2.54. The summed E-state index contributed by atoms with van der Waals surface area (Å²) in [5.74, 6) is 0.510. The molecule has 1 amide bonds. The molecule has 5 nitrogen and oxygen atoms in total. The van der Waals surface area contributed by atoms with Crippen molar-refractivity contribution in [2.24, 2.45) is 0 Å². The van der Waals surface area contributed by atoms with E-state index in [4.69, 9.17) is 9.26 Å². The Morgan fingerprint density at radius 2 is 2.39 bits per heavy atom. The van der Waals surface area contributed by atoms with E-state index in [-0.39, 0.29) is 17.6 Å². The third kappa shape index (κ3) is 2.75. The SMILES string of the molecule is Cc1oncc1C(=O)N1CC(CBr)OC(C)(C)C1. The molecule has 100 valence electrons. The fraction of sp³-hybridized carbons (Fsp3) is 0.667. The van der Waals surface area contributed by atoms with E-state index >= 15 is 0 Å². The van der Waals surface area contributed by atoms with E-state index in [0.717, 1.165) is 0 Å². The quantitative estimate of drug-likeness (QED) is 0.783. The number of aromatic nitrogens is 1. The molecule has 1 aromatic heterocycles. The highest BCUT2D eigenvalue weighted by Gasteiger charge is 2.36. The molecule has 1 aromatic rings. The van der Waals surface area contributed by atoms with E-state index in [1.807, 2.05) is 13.8 Å². The van der Waals surface area contributed by atoms with Crippen LogP contribution in [0.4, 0.5) is 0 Å². The van der Waals surface area contributed by atoms with Gasteiger partial charge in [-0.15, -0.1) is 0 Å². The lowest BCUT2D eigenvalue weighted by Gasteiger charge is -2.42. The minimum atomic E-state index is -0.336. The van der Waals surface area contributed by atoms with Crippen LogP contribution in [0.5, 0.6) is 0 Å². The lowest BCUT2D eigenvalue weighted by atomic mass is 10.0. The van der Waals surface area contributed by atoms with Crippen LogP contribution >= 0.6 is 15.9 Å². The first-order valence-electron chi connectivity index (χ1n) is 5.87. The van der Waals surface area contributed by atoms with E-state index in [2.05, 4.69) is 21.1 Å². The van der Waals surface area contributed by atoms with Gasteiger partial charge in [0, 0.05) is 18.4 Å². The van der Waals surface area contributed by atoms with Crippen molar-refractivity contribution < 1.29 is 14.1 Å². The Bertz CT molecular complexity index is 444. The molecule has 1 aliphatic rings. The molecule has 0 radical (unpaired) electrons. The summed E-state index contributed by atoms with van der Waals surface area (Å²) in [4.78, 5) is 14.2. The Hall–Kier alpha value is -0.880. The average molecular weight is 317 g/mol. The number of rotatable bonds is 2. The summed E-state index contributed by atoms with van der Waals surface area (Å²) in [7, 11) is 0. The van der Waals surface area contributed by atoms with E-state index in [1.165, 1.54) is 6.20 Å². The second kappa shape index (κ2) is 5.01. The Balaban J connectivity index is 2.17. The highest BCUT2D eigenvalue weighted by molar-refractivity contribution is 9.09. The number of morpholine rings is 1. The number of alkyl halides is 1. The fourth-order valence-electron chi connectivity index (χ4n) is 2.21. The topological polar surface area (TPSA) is 55.6 Å². The van der Waals surface area contributed by atoms with Crippen molar-refractivity contribution in [3.8, 4) is 0 Å². The zero-order valence-electron chi connectivity index (χ0n) is 10.8. The molecule has 1 atom stereocenters. The molecule has 0 saturated carbocycles. The monoisotopic (exact) mass is 316 g/mol. The zero-order valence-corrected chi connectivity index (χ0v) is 12.4. The van der Waals surface area contributed by atoms with Crippen LogP contribution in [0.3, 0.4) is 0 Å². The summed E-state index contributed by atoms with van der Waals surface area (Å²) in [5.41, 5.74) is 0.193. The van der Waals surface area contributed by atoms with E-state index in [1.54, 1.807) is 11.8 Å². The smallest absolute Gasteiger partial charge is 0.259 e. The minimum Gasteiger partial charge on any atom is -0.368 e. The molecule has 1 aliphatic heterocycles. The number of hydrogen-bond acceptors (Lipinski definition) is 4. The maximum absolute atomic E-state index is 12.4. The van der Waals surface area contributed by atoms with Crippen LogP contribution in [0.2, 0.25) is 0 Å². The molecule has 0 aromatic carbocycles. The number of amides is 1. The molecule has 0 aliphatic carbocycles. The predicted molar refractivity (Wildman–Crippen MR) is 69.9 cm³/mol. The summed E-state index contributed by atoms with van der Waals surface area (Å²) in [6, 6.07) is 0. The number of carbonyl (C=O) groups excluding carboxylic acids is 1. The van der Waals surface area contributed by atoms with Gasteiger partial charge in [-0.25, -0.2) is 0 Å². The molecule has 1 fully saturated rings. The standard InChI is InChI=1S/C12H17BrN2O3/c1-8-10(5-14-18-8)11(16)15-6-9(4-13)17-12(2,3)7-15/h5,9H,4,6-7H2,1-3H3. The highest BCUT2D eigenvalue weighted by atomic mass is 79.9. The summed E-state index contributed by atoms with van der Waals surface area (Å²) in [6.07, 6.45) is 1.49. The van der Waals surface area contributed by atoms with Gasteiger partial charge in [-0.3, -0.25) is 4.79 Å². The molecule has 2 heterocycles. The molecule has 0 N–H and O–H groups in total. The molecule has 1 unspecified atom stereocenters. The van der Waals surface area contributed by atoms with Gasteiger partial charge >= 0.3 is 0 Å². The van der Waals surface area contributed by atoms with Crippen LogP contribution in [0.25, 0.3) is 0 Å². The molecule has 6 heteroatoms. The molecule has 0 spiro atoms. The molecular weight excluding hydrogens is 300 g/mol. The van der Waals surface area contributed by atoms with Crippen molar-refractivity contribution in [3.05, 3.63) is 17.5 Å². The van der Waals surface area contributed by atoms with Gasteiger partial charge in [0.15, 0.2) is 0 Å². The van der Waals surface area contributed by atoms with Crippen LogP contribution in [0.1, 0.15) is 30.0 Å². The molecule has 2 rings (SSSR count). The second-order valence-electron chi connectivity index (χ2n) is 5.14. The Morgan fingerprint density at radius 1 is 1.67 bits per heavy atom. The van der Waals surface area contributed by atoms with Crippen molar-refractivity contribution >= 4 is 21.8 Å². The van der Waals surface area contributed by atoms with Gasteiger partial charge in [-0.2, -0.15) is 0 Å². The number of hydrogen-bond donors (Lipinski definition) is 0. The molecule has 0 bridgehead atoms. The second-order valence-corrected chi connectivity index (χ2v) is 5.78. The number of ether oxygens (including phenoxy) is 1. The van der Waals surface area contributed by atoms with Crippen molar-refractivity contribution in [2.45, 2.75) is 32.5 Å². The first-order chi connectivity index (χ1) is 8.43. The average Bonchev–Trinajstić information content (AvgIpc) is 2.72. The van der Waals surface area contributed by atoms with Gasteiger partial charge in [0.2, 0.25) is 0 Å². The van der Waals surface area contributed by atoms with E-state index in [9.17, 15) is 4.79 Å². The van der Waals surface area contributed by atoms with E-state index < -0.39 is 0 Å². The maximum atomic E-state index is 12.4. The molecule has 1 saturated heterocycles. The molecule has 18 heavy (non-hydrogen) atoms. The lowest BCUT2D eigenvalue weighted by Crippen LogP contribution is -2.55. The van der Waals surface area contributed by atoms with Crippen LogP contribution in [-0.2, 0) is 4.74 Å². The first kappa shape index (κ1) is 13.5. The third-order valence-electron chi connectivity index (χ3n) is 2.92. The number of halogens is 1. The third-order valence-corrected chi connectivity index (χ3v) is 3.64. The largest absolute Gasteiger partial charge is 0.368 e. The molecular formula is C12H17BrN2O3. The predicted octanol–water partition coefficient (Wildman–Crippen LogP) is 2.00. The van der Waals surface area contributed by atoms with Gasteiger partial charge in [0.25, 0.3) is 5.91 Å². The van der Waals surface area contributed by atoms with E-state index in [0.29, 0.717) is 29.7 Å². The zero-order chi connectivity index (χ0) is 13.3. The van der Waals surface area contributed by atoms with Gasteiger partial charge in [0.1, 0.15) is 11.3 Å². The number of carbonyl (C=O) groups is 1. The van der Waals surface area contributed by atoms with Crippen LogP contribution in [0, 0.1) is 6.92 Å². The van der Waals surface area contributed by atoms with Crippen LogP contribution in [0.15, 0.2) is 10.7 Å². The minimum absolute atomic E-state index is 0.0119. The van der Waals surface area contributed by atoms with Gasteiger partial charge in [0.05, 0.1) is 17.9 Å². The summed E-state index contributed by atoms with van der Waals surface area (Å²) in [6.45, 7) is 6.87. The Labute approximate surface area is 115 Å². The first-order valence-corrected chi connectivity index (χ1v) is 6.99. The maximum Gasteiger partial charge on any atom is 0.259 e. The summed E-state index contributed by atoms with van der Waals surface area (Å²) >= 11 is 3.41. The van der Waals surface area contributed by atoms with Gasteiger partial charge < -0.3 is 14.2 Å². The lowest BCUT2D eigenvalue weighted by molar-refractivity contribution is -0.116. The van der Waals surface area contributed by atoms with Crippen molar-refractivity contribution in [1.29, 1.82) is 0 Å². The number of nitrogens with zero attached hydrogens (tertiary/aromatic N) is 2. The Morgan fingerprint density at radius 3 is 2.94 bits per heavy atom. The van der Waals surface area contributed by atoms with Crippen molar-refractivity contribution in [2.75, 3.05) is 18.4 Å². The van der Waals surface area contributed by atoms with Crippen LogP contribution < -0.4 is 0 Å². The Kier molecular flexibility index (Phi) is 3.77.